The second-order valence-electron chi connectivity index (χ2n) is 3.93. The number of amides is 1. The van der Waals surface area contributed by atoms with Crippen LogP contribution in [0.5, 0.6) is 0 Å². The summed E-state index contributed by atoms with van der Waals surface area (Å²) in [5.41, 5.74) is -0.859. The summed E-state index contributed by atoms with van der Waals surface area (Å²) in [5.74, 6) is -0.0809. The minimum Gasteiger partial charge on any atom is -0.388 e. The first-order valence-electron chi connectivity index (χ1n) is 4.97. The smallest absolute Gasteiger partial charge is 0.246 e. The van der Waals surface area contributed by atoms with E-state index in [-0.39, 0.29) is 25.0 Å². The Hall–Kier alpha value is -0.610. The highest BCUT2D eigenvalue weighted by atomic mass is 16.5. The van der Waals surface area contributed by atoms with Crippen LogP contribution in [0.1, 0.15) is 27.7 Å². The summed E-state index contributed by atoms with van der Waals surface area (Å²) in [6.45, 7) is 8.20. The van der Waals surface area contributed by atoms with Gasteiger partial charge in [0.15, 0.2) is 0 Å². The molecule has 0 bridgehead atoms. The van der Waals surface area contributed by atoms with Gasteiger partial charge in [0.05, 0.1) is 5.60 Å². The van der Waals surface area contributed by atoms with E-state index in [2.05, 4.69) is 5.32 Å². The summed E-state index contributed by atoms with van der Waals surface area (Å²) >= 11 is 0. The summed E-state index contributed by atoms with van der Waals surface area (Å²) in [5, 5.41) is 12.4. The molecule has 1 unspecified atom stereocenters. The molecule has 14 heavy (non-hydrogen) atoms. The zero-order chi connectivity index (χ0) is 11.2. The molecule has 0 saturated carbocycles. The number of nitrogens with one attached hydrogen (secondary N) is 1. The van der Waals surface area contributed by atoms with Gasteiger partial charge < -0.3 is 15.2 Å². The highest BCUT2D eigenvalue weighted by Gasteiger charge is 2.25. The number of carbonyl (C=O) groups is 1. The van der Waals surface area contributed by atoms with Gasteiger partial charge >= 0.3 is 0 Å². The first kappa shape index (κ1) is 13.4. The maximum atomic E-state index is 11.1. The number of ether oxygens (including phenoxy) is 1. The Morgan fingerprint density at radius 1 is 1.57 bits per heavy atom. The van der Waals surface area contributed by atoms with Crippen LogP contribution in [0.15, 0.2) is 0 Å². The van der Waals surface area contributed by atoms with Crippen LogP contribution in [0.3, 0.4) is 0 Å². The van der Waals surface area contributed by atoms with E-state index < -0.39 is 5.60 Å². The molecule has 0 fully saturated rings. The Balaban J connectivity index is 3.76. The van der Waals surface area contributed by atoms with E-state index in [1.165, 1.54) is 0 Å². The quantitative estimate of drug-likeness (QED) is 0.662. The van der Waals surface area contributed by atoms with Crippen molar-refractivity contribution in [1.82, 2.24) is 5.32 Å². The predicted octanol–water partition coefficient (Wildman–Crippen LogP) is 0.546. The molecule has 84 valence electrons. The average Bonchev–Trinajstić information content (AvgIpc) is 2.11. The first-order valence-corrected chi connectivity index (χ1v) is 4.97. The molecule has 0 aliphatic carbocycles. The fourth-order valence-corrected chi connectivity index (χ4v) is 0.727. The molecule has 0 radical (unpaired) electrons. The van der Waals surface area contributed by atoms with E-state index in [4.69, 9.17) is 4.74 Å². The second kappa shape index (κ2) is 5.98. The molecular weight excluding hydrogens is 182 g/mol. The molecule has 0 spiro atoms. The van der Waals surface area contributed by atoms with E-state index in [9.17, 15) is 9.90 Å². The molecule has 0 aromatic carbocycles. The van der Waals surface area contributed by atoms with Crippen molar-refractivity contribution >= 4 is 5.91 Å². The fraction of sp³-hybridized carbons (Fsp3) is 0.900. The molecule has 0 rings (SSSR count). The SMILES string of the molecule is CCOCC(=O)NCC(C)(O)C(C)C. The molecule has 4 nitrogen and oxygen atoms in total. The van der Waals surface area contributed by atoms with Crippen molar-refractivity contribution in [2.24, 2.45) is 5.92 Å². The first-order chi connectivity index (χ1) is 6.40. The number of aliphatic hydroxyl groups is 1. The van der Waals surface area contributed by atoms with E-state index in [1.807, 2.05) is 20.8 Å². The van der Waals surface area contributed by atoms with E-state index in [0.29, 0.717) is 6.61 Å². The largest absolute Gasteiger partial charge is 0.388 e. The summed E-state index contributed by atoms with van der Waals surface area (Å²) < 4.78 is 4.93. The van der Waals surface area contributed by atoms with Crippen LogP contribution in [0, 0.1) is 5.92 Å². The Morgan fingerprint density at radius 3 is 2.57 bits per heavy atom. The van der Waals surface area contributed by atoms with E-state index in [1.54, 1.807) is 6.92 Å². The molecule has 0 aliphatic heterocycles. The van der Waals surface area contributed by atoms with Gasteiger partial charge in [-0.2, -0.15) is 0 Å². The van der Waals surface area contributed by atoms with Crippen molar-refractivity contribution in [2.45, 2.75) is 33.3 Å². The third kappa shape index (κ3) is 5.19. The lowest BCUT2D eigenvalue weighted by molar-refractivity contribution is -0.127. The number of hydrogen-bond donors (Lipinski definition) is 2. The van der Waals surface area contributed by atoms with Gasteiger partial charge in [-0.25, -0.2) is 0 Å². The van der Waals surface area contributed by atoms with E-state index >= 15 is 0 Å². The topological polar surface area (TPSA) is 58.6 Å². The van der Waals surface area contributed by atoms with Gasteiger partial charge in [-0.3, -0.25) is 4.79 Å². The standard InChI is InChI=1S/C10H21NO3/c1-5-14-6-9(12)11-7-10(4,13)8(2)3/h8,13H,5-7H2,1-4H3,(H,11,12). The molecule has 0 heterocycles. The Bertz CT molecular complexity index is 178. The Kier molecular flexibility index (Phi) is 5.72. The van der Waals surface area contributed by atoms with Gasteiger partial charge in [0.25, 0.3) is 0 Å². The zero-order valence-electron chi connectivity index (χ0n) is 9.46. The lowest BCUT2D eigenvalue weighted by Crippen LogP contribution is -2.45. The van der Waals surface area contributed by atoms with Crippen molar-refractivity contribution in [2.75, 3.05) is 19.8 Å². The highest BCUT2D eigenvalue weighted by molar-refractivity contribution is 5.77. The predicted molar refractivity (Wildman–Crippen MR) is 55.0 cm³/mol. The summed E-state index contributed by atoms with van der Waals surface area (Å²) in [7, 11) is 0. The summed E-state index contributed by atoms with van der Waals surface area (Å²) in [6.07, 6.45) is 0. The minimum absolute atomic E-state index is 0.0602. The molecule has 1 atom stereocenters. The molecular formula is C10H21NO3. The summed E-state index contributed by atoms with van der Waals surface area (Å²) in [6, 6.07) is 0. The van der Waals surface area contributed by atoms with Crippen LogP contribution in [0.2, 0.25) is 0 Å². The van der Waals surface area contributed by atoms with Gasteiger partial charge in [0.2, 0.25) is 5.91 Å². The average molecular weight is 203 g/mol. The molecule has 0 aromatic rings. The van der Waals surface area contributed by atoms with Crippen molar-refractivity contribution in [3.8, 4) is 0 Å². The fourth-order valence-electron chi connectivity index (χ4n) is 0.727. The normalized spacial score (nSPS) is 15.3. The Labute approximate surface area is 85.6 Å². The molecule has 4 heteroatoms. The second-order valence-corrected chi connectivity index (χ2v) is 3.93. The maximum Gasteiger partial charge on any atom is 0.246 e. The lowest BCUT2D eigenvalue weighted by atomic mass is 9.93. The minimum atomic E-state index is -0.859. The van der Waals surface area contributed by atoms with Gasteiger partial charge in [-0.05, 0) is 19.8 Å². The van der Waals surface area contributed by atoms with Crippen LogP contribution in [0.25, 0.3) is 0 Å². The number of rotatable bonds is 6. The van der Waals surface area contributed by atoms with Gasteiger partial charge in [-0.15, -0.1) is 0 Å². The third-order valence-electron chi connectivity index (χ3n) is 2.32. The van der Waals surface area contributed by atoms with Crippen molar-refractivity contribution in [3.05, 3.63) is 0 Å². The van der Waals surface area contributed by atoms with Gasteiger partial charge in [0, 0.05) is 13.2 Å². The molecule has 0 saturated heterocycles. The maximum absolute atomic E-state index is 11.1. The molecule has 1 amide bonds. The van der Waals surface area contributed by atoms with Crippen molar-refractivity contribution in [3.63, 3.8) is 0 Å². The lowest BCUT2D eigenvalue weighted by Gasteiger charge is -2.27. The third-order valence-corrected chi connectivity index (χ3v) is 2.32. The van der Waals surface area contributed by atoms with Gasteiger partial charge in [-0.1, -0.05) is 13.8 Å². The van der Waals surface area contributed by atoms with Gasteiger partial charge in [0.1, 0.15) is 6.61 Å². The van der Waals surface area contributed by atoms with Crippen LogP contribution < -0.4 is 5.32 Å². The monoisotopic (exact) mass is 203 g/mol. The van der Waals surface area contributed by atoms with Crippen LogP contribution in [0.4, 0.5) is 0 Å². The molecule has 0 aromatic heterocycles. The molecule has 0 aliphatic rings. The van der Waals surface area contributed by atoms with Crippen LogP contribution >= 0.6 is 0 Å². The van der Waals surface area contributed by atoms with E-state index in [0.717, 1.165) is 0 Å². The summed E-state index contributed by atoms with van der Waals surface area (Å²) in [4.78, 5) is 11.1. The number of carbonyl (C=O) groups excluding carboxylic acids is 1. The Morgan fingerprint density at radius 2 is 2.14 bits per heavy atom. The van der Waals surface area contributed by atoms with Crippen LogP contribution in [-0.2, 0) is 9.53 Å². The van der Waals surface area contributed by atoms with Crippen molar-refractivity contribution < 1.29 is 14.6 Å². The molecule has 2 N–H and O–H groups in total. The number of hydrogen-bond acceptors (Lipinski definition) is 3. The zero-order valence-corrected chi connectivity index (χ0v) is 9.46. The van der Waals surface area contributed by atoms with Crippen molar-refractivity contribution in [1.29, 1.82) is 0 Å². The van der Waals surface area contributed by atoms with Crippen LogP contribution in [-0.4, -0.2) is 36.4 Å². The highest BCUT2D eigenvalue weighted by Crippen LogP contribution is 2.14.